The molecule has 2 heteroatoms. The van der Waals surface area contributed by atoms with E-state index in [0.29, 0.717) is 6.04 Å². The molecule has 0 radical (unpaired) electrons. The number of nitrogens with zero attached hydrogens (tertiary/aromatic N) is 1. The van der Waals surface area contributed by atoms with Crippen molar-refractivity contribution in [2.45, 2.75) is 58.2 Å². The fourth-order valence-electron chi connectivity index (χ4n) is 2.63. The molecule has 0 amide bonds. The van der Waals surface area contributed by atoms with Crippen LogP contribution in [0.1, 0.15) is 43.7 Å². The van der Waals surface area contributed by atoms with Crippen LogP contribution >= 0.6 is 0 Å². The molecule has 1 saturated carbocycles. The molecular weight excluding hydrogens is 232 g/mol. The summed E-state index contributed by atoms with van der Waals surface area (Å²) in [5.41, 5.74) is 2.78. The van der Waals surface area contributed by atoms with Crippen molar-refractivity contribution in [1.82, 2.24) is 10.2 Å². The molecular formula is C17H28N2. The molecule has 1 unspecified atom stereocenters. The van der Waals surface area contributed by atoms with Crippen LogP contribution in [0.25, 0.3) is 0 Å². The molecule has 0 heterocycles. The van der Waals surface area contributed by atoms with Crippen LogP contribution < -0.4 is 5.32 Å². The summed E-state index contributed by atoms with van der Waals surface area (Å²) < 4.78 is 0. The van der Waals surface area contributed by atoms with Gasteiger partial charge < -0.3 is 5.32 Å². The van der Waals surface area contributed by atoms with Crippen LogP contribution in [0.15, 0.2) is 24.3 Å². The van der Waals surface area contributed by atoms with E-state index in [-0.39, 0.29) is 0 Å². The van der Waals surface area contributed by atoms with Gasteiger partial charge in [0.2, 0.25) is 0 Å². The zero-order chi connectivity index (χ0) is 13.7. The lowest BCUT2D eigenvalue weighted by Gasteiger charge is -2.28. The van der Waals surface area contributed by atoms with Crippen molar-refractivity contribution < 1.29 is 0 Å². The van der Waals surface area contributed by atoms with Gasteiger partial charge in [-0.05, 0) is 38.8 Å². The SMILES string of the molecule is CCCC(CNC1CC1)N(C)Cc1cccc(C)c1. The summed E-state index contributed by atoms with van der Waals surface area (Å²) in [6, 6.07) is 10.3. The lowest BCUT2D eigenvalue weighted by molar-refractivity contribution is 0.214. The molecule has 0 aliphatic heterocycles. The average molecular weight is 260 g/mol. The molecule has 0 saturated heterocycles. The quantitative estimate of drug-likeness (QED) is 0.771. The highest BCUT2D eigenvalue weighted by atomic mass is 15.2. The first-order chi connectivity index (χ1) is 9.19. The zero-order valence-electron chi connectivity index (χ0n) is 12.7. The van der Waals surface area contributed by atoms with Gasteiger partial charge in [-0.15, -0.1) is 0 Å². The normalized spacial score (nSPS) is 16.8. The third-order valence-electron chi connectivity index (χ3n) is 3.98. The van der Waals surface area contributed by atoms with Gasteiger partial charge in [-0.1, -0.05) is 43.2 Å². The summed E-state index contributed by atoms with van der Waals surface area (Å²) in [5, 5.41) is 3.68. The first-order valence-electron chi connectivity index (χ1n) is 7.68. The van der Waals surface area contributed by atoms with E-state index >= 15 is 0 Å². The number of likely N-dealkylation sites (N-methyl/N-ethyl adjacent to an activating group) is 1. The van der Waals surface area contributed by atoms with Crippen molar-refractivity contribution in [3.8, 4) is 0 Å². The van der Waals surface area contributed by atoms with Crippen LogP contribution in [0, 0.1) is 6.92 Å². The van der Waals surface area contributed by atoms with Crippen LogP contribution in [0.3, 0.4) is 0 Å². The number of benzene rings is 1. The first-order valence-corrected chi connectivity index (χ1v) is 7.68. The Labute approximate surface area is 118 Å². The number of hydrogen-bond acceptors (Lipinski definition) is 2. The number of aryl methyl sites for hydroxylation is 1. The second kappa shape index (κ2) is 7.06. The van der Waals surface area contributed by atoms with E-state index in [4.69, 9.17) is 0 Å². The van der Waals surface area contributed by atoms with Gasteiger partial charge in [-0.2, -0.15) is 0 Å². The summed E-state index contributed by atoms with van der Waals surface area (Å²) >= 11 is 0. The van der Waals surface area contributed by atoms with Gasteiger partial charge in [0.25, 0.3) is 0 Å². The fourth-order valence-corrected chi connectivity index (χ4v) is 2.63. The van der Waals surface area contributed by atoms with Crippen molar-refractivity contribution >= 4 is 0 Å². The van der Waals surface area contributed by atoms with Gasteiger partial charge in [0, 0.05) is 25.2 Å². The Hall–Kier alpha value is -0.860. The van der Waals surface area contributed by atoms with Crippen molar-refractivity contribution in [2.24, 2.45) is 0 Å². The van der Waals surface area contributed by atoms with Crippen molar-refractivity contribution in [3.63, 3.8) is 0 Å². The predicted octanol–water partition coefficient (Wildman–Crippen LogP) is 3.35. The molecule has 1 fully saturated rings. The largest absolute Gasteiger partial charge is 0.312 e. The Morgan fingerprint density at radius 2 is 2.16 bits per heavy atom. The number of hydrogen-bond donors (Lipinski definition) is 1. The van der Waals surface area contributed by atoms with Crippen LogP contribution in [0.5, 0.6) is 0 Å². The minimum Gasteiger partial charge on any atom is -0.312 e. The van der Waals surface area contributed by atoms with E-state index < -0.39 is 0 Å². The number of rotatable bonds is 8. The van der Waals surface area contributed by atoms with E-state index in [0.717, 1.165) is 19.1 Å². The molecule has 19 heavy (non-hydrogen) atoms. The molecule has 1 aromatic rings. The summed E-state index contributed by atoms with van der Waals surface area (Å²) in [7, 11) is 2.26. The predicted molar refractivity (Wildman–Crippen MR) is 82.4 cm³/mol. The van der Waals surface area contributed by atoms with Crippen LogP contribution in [-0.4, -0.2) is 30.6 Å². The third kappa shape index (κ3) is 4.96. The molecule has 0 spiro atoms. The first kappa shape index (κ1) is 14.5. The van der Waals surface area contributed by atoms with Crippen molar-refractivity contribution in [1.29, 1.82) is 0 Å². The summed E-state index contributed by atoms with van der Waals surface area (Å²) in [6.07, 6.45) is 5.29. The molecule has 0 bridgehead atoms. The Bertz CT molecular complexity index is 385. The second-order valence-corrected chi connectivity index (χ2v) is 6.03. The average Bonchev–Trinajstić information content (AvgIpc) is 3.18. The Morgan fingerprint density at radius 1 is 1.37 bits per heavy atom. The van der Waals surface area contributed by atoms with E-state index in [1.807, 2.05) is 0 Å². The topological polar surface area (TPSA) is 15.3 Å². The molecule has 1 aliphatic carbocycles. The van der Waals surface area contributed by atoms with Gasteiger partial charge in [-0.25, -0.2) is 0 Å². The van der Waals surface area contributed by atoms with Crippen molar-refractivity contribution in [2.75, 3.05) is 13.6 Å². The Balaban J connectivity index is 1.87. The standard InChI is InChI=1S/C17H28N2/c1-4-6-17(12-18-16-9-10-16)19(3)13-15-8-5-7-14(2)11-15/h5,7-8,11,16-18H,4,6,9-10,12-13H2,1-3H3. The van der Waals surface area contributed by atoms with Gasteiger partial charge in [-0.3, -0.25) is 4.90 Å². The van der Waals surface area contributed by atoms with Crippen LogP contribution in [0.2, 0.25) is 0 Å². The maximum absolute atomic E-state index is 3.68. The van der Waals surface area contributed by atoms with Crippen molar-refractivity contribution in [3.05, 3.63) is 35.4 Å². The molecule has 2 rings (SSSR count). The summed E-state index contributed by atoms with van der Waals surface area (Å²) in [5.74, 6) is 0. The van der Waals surface area contributed by atoms with E-state index in [2.05, 4.69) is 55.4 Å². The molecule has 1 atom stereocenters. The highest BCUT2D eigenvalue weighted by Gasteiger charge is 2.23. The molecule has 2 nitrogen and oxygen atoms in total. The smallest absolute Gasteiger partial charge is 0.0234 e. The highest BCUT2D eigenvalue weighted by molar-refractivity contribution is 5.22. The maximum Gasteiger partial charge on any atom is 0.0234 e. The molecule has 1 aromatic carbocycles. The van der Waals surface area contributed by atoms with Gasteiger partial charge in [0.15, 0.2) is 0 Å². The summed E-state index contributed by atoms with van der Waals surface area (Å²) in [6.45, 7) is 6.64. The van der Waals surface area contributed by atoms with Crippen LogP contribution in [0.4, 0.5) is 0 Å². The molecule has 106 valence electrons. The minimum atomic E-state index is 0.658. The van der Waals surface area contributed by atoms with Gasteiger partial charge in [0.1, 0.15) is 0 Å². The minimum absolute atomic E-state index is 0.658. The van der Waals surface area contributed by atoms with E-state index in [1.54, 1.807) is 0 Å². The van der Waals surface area contributed by atoms with Gasteiger partial charge in [0.05, 0.1) is 0 Å². The monoisotopic (exact) mass is 260 g/mol. The Morgan fingerprint density at radius 3 is 2.79 bits per heavy atom. The Kier molecular flexibility index (Phi) is 5.41. The van der Waals surface area contributed by atoms with Gasteiger partial charge >= 0.3 is 0 Å². The lowest BCUT2D eigenvalue weighted by Crippen LogP contribution is -2.40. The maximum atomic E-state index is 3.68. The second-order valence-electron chi connectivity index (χ2n) is 6.03. The van der Waals surface area contributed by atoms with E-state index in [9.17, 15) is 0 Å². The number of nitrogens with one attached hydrogen (secondary N) is 1. The lowest BCUT2D eigenvalue weighted by atomic mass is 10.1. The molecule has 1 aliphatic rings. The summed E-state index contributed by atoms with van der Waals surface area (Å²) in [4.78, 5) is 2.51. The zero-order valence-corrected chi connectivity index (χ0v) is 12.7. The fraction of sp³-hybridized carbons (Fsp3) is 0.647. The van der Waals surface area contributed by atoms with E-state index in [1.165, 1.54) is 36.8 Å². The third-order valence-corrected chi connectivity index (χ3v) is 3.98. The van der Waals surface area contributed by atoms with Crippen LogP contribution in [-0.2, 0) is 6.54 Å². The molecule has 0 aromatic heterocycles. The molecule has 1 N–H and O–H groups in total. The highest BCUT2D eigenvalue weighted by Crippen LogP contribution is 2.19.